The molecule has 0 radical (unpaired) electrons. The number of benzene rings is 3. The van der Waals surface area contributed by atoms with E-state index in [-0.39, 0.29) is 0 Å². The zero-order chi connectivity index (χ0) is 13.9. The van der Waals surface area contributed by atoms with Crippen LogP contribution in [-0.4, -0.2) is 0 Å². The Labute approximate surface area is 119 Å². The van der Waals surface area contributed by atoms with E-state index in [1.54, 1.807) is 0 Å². The number of terminal acetylenes is 2. The van der Waals surface area contributed by atoms with Crippen LogP contribution in [0.15, 0.2) is 60.7 Å². The molecule has 0 nitrogen and oxygen atoms in total. The van der Waals surface area contributed by atoms with Gasteiger partial charge in [0.2, 0.25) is 0 Å². The largest absolute Gasteiger partial charge is 0.115 e. The lowest BCUT2D eigenvalue weighted by Crippen LogP contribution is -1.85. The van der Waals surface area contributed by atoms with E-state index >= 15 is 0 Å². The lowest BCUT2D eigenvalue weighted by atomic mass is 9.96. The van der Waals surface area contributed by atoms with Crippen molar-refractivity contribution in [1.82, 2.24) is 0 Å². The van der Waals surface area contributed by atoms with Crippen LogP contribution < -0.4 is 0 Å². The number of hydrogen-bond donors (Lipinski definition) is 0. The molecule has 3 rings (SSSR count). The maximum absolute atomic E-state index is 5.58. The number of hydrogen-bond acceptors (Lipinski definition) is 0. The van der Waals surface area contributed by atoms with Gasteiger partial charge in [0.15, 0.2) is 0 Å². The molecule has 0 aliphatic heterocycles. The van der Waals surface area contributed by atoms with Gasteiger partial charge in [-0.15, -0.1) is 12.8 Å². The fourth-order valence-electron chi connectivity index (χ4n) is 2.43. The third kappa shape index (κ3) is 1.95. The number of rotatable bonds is 1. The molecule has 0 N–H and O–H groups in total. The van der Waals surface area contributed by atoms with Crippen molar-refractivity contribution in [2.24, 2.45) is 0 Å². The van der Waals surface area contributed by atoms with Gasteiger partial charge in [0, 0.05) is 11.1 Å². The zero-order valence-electron chi connectivity index (χ0n) is 10.9. The fraction of sp³-hybridized carbons (Fsp3) is 0. The molecule has 0 aliphatic rings. The molecular weight excluding hydrogens is 240 g/mol. The molecule has 0 atom stereocenters. The minimum absolute atomic E-state index is 0.894. The zero-order valence-corrected chi connectivity index (χ0v) is 10.9. The van der Waals surface area contributed by atoms with E-state index in [0.29, 0.717) is 0 Å². The predicted octanol–water partition coefficient (Wildman–Crippen LogP) is 4.47. The summed E-state index contributed by atoms with van der Waals surface area (Å²) in [6, 6.07) is 20.2. The van der Waals surface area contributed by atoms with Gasteiger partial charge < -0.3 is 0 Å². The summed E-state index contributed by atoms with van der Waals surface area (Å²) in [6.45, 7) is 0. The summed E-state index contributed by atoms with van der Waals surface area (Å²) in [5.74, 6) is 5.47. The molecule has 0 saturated carbocycles. The van der Waals surface area contributed by atoms with Crippen LogP contribution in [0.5, 0.6) is 0 Å². The Hall–Kier alpha value is -2.96. The maximum Gasteiger partial charge on any atom is 0.0321 e. The van der Waals surface area contributed by atoms with Crippen molar-refractivity contribution in [1.29, 1.82) is 0 Å². The molecule has 0 spiro atoms. The van der Waals surface area contributed by atoms with Gasteiger partial charge in [0.25, 0.3) is 0 Å². The maximum atomic E-state index is 5.58. The SMILES string of the molecule is C#Cc1ccccc1-c1ccc2cccc(C#C)c2c1. The van der Waals surface area contributed by atoms with Crippen LogP contribution in [0.3, 0.4) is 0 Å². The molecular formula is C20H12. The first-order chi connectivity index (χ1) is 9.83. The van der Waals surface area contributed by atoms with Crippen molar-refractivity contribution >= 4 is 10.8 Å². The molecule has 20 heavy (non-hydrogen) atoms. The van der Waals surface area contributed by atoms with Gasteiger partial charge in [-0.2, -0.15) is 0 Å². The van der Waals surface area contributed by atoms with E-state index in [0.717, 1.165) is 33.0 Å². The summed E-state index contributed by atoms with van der Waals surface area (Å²) < 4.78 is 0. The second-order valence-corrected chi connectivity index (χ2v) is 4.58. The molecule has 3 aromatic rings. The minimum atomic E-state index is 0.894. The van der Waals surface area contributed by atoms with Gasteiger partial charge >= 0.3 is 0 Å². The Morgan fingerprint density at radius 2 is 1.45 bits per heavy atom. The van der Waals surface area contributed by atoms with Crippen LogP contribution in [0, 0.1) is 24.7 Å². The highest BCUT2D eigenvalue weighted by molar-refractivity contribution is 5.92. The van der Waals surface area contributed by atoms with Gasteiger partial charge in [-0.25, -0.2) is 0 Å². The molecule has 0 aromatic heterocycles. The summed E-state index contributed by atoms with van der Waals surface area (Å²) in [4.78, 5) is 0. The van der Waals surface area contributed by atoms with Crippen molar-refractivity contribution < 1.29 is 0 Å². The second kappa shape index (κ2) is 4.96. The van der Waals surface area contributed by atoms with Crippen LogP contribution in [0.25, 0.3) is 21.9 Å². The molecule has 0 saturated heterocycles. The van der Waals surface area contributed by atoms with Crippen LogP contribution in [0.4, 0.5) is 0 Å². The number of fused-ring (bicyclic) bond motifs is 1. The van der Waals surface area contributed by atoms with Gasteiger partial charge in [-0.1, -0.05) is 54.3 Å². The van der Waals surface area contributed by atoms with Gasteiger partial charge in [0.1, 0.15) is 0 Å². The minimum Gasteiger partial charge on any atom is -0.115 e. The van der Waals surface area contributed by atoms with Crippen molar-refractivity contribution in [3.8, 4) is 35.8 Å². The first kappa shape index (κ1) is 12.1. The summed E-state index contributed by atoms with van der Waals surface area (Å²) in [7, 11) is 0. The Bertz CT molecular complexity index is 870. The topological polar surface area (TPSA) is 0 Å². The average molecular weight is 252 g/mol. The van der Waals surface area contributed by atoms with Crippen molar-refractivity contribution in [2.75, 3.05) is 0 Å². The fourth-order valence-corrected chi connectivity index (χ4v) is 2.43. The van der Waals surface area contributed by atoms with E-state index in [4.69, 9.17) is 12.8 Å². The van der Waals surface area contributed by atoms with Crippen molar-refractivity contribution in [3.05, 3.63) is 71.8 Å². The van der Waals surface area contributed by atoms with Crippen molar-refractivity contribution in [2.45, 2.75) is 0 Å². The molecule has 0 unspecified atom stereocenters. The quantitative estimate of drug-likeness (QED) is 0.560. The molecule has 0 bridgehead atoms. The third-order valence-corrected chi connectivity index (χ3v) is 3.43. The van der Waals surface area contributed by atoms with E-state index < -0.39 is 0 Å². The molecule has 0 heterocycles. The van der Waals surface area contributed by atoms with Crippen molar-refractivity contribution in [3.63, 3.8) is 0 Å². The standard InChI is InChI=1S/C20H12/c1-3-15-8-5-6-11-19(15)18-13-12-17-10-7-9-16(4-2)20(17)14-18/h1-2,5-14H. The summed E-state index contributed by atoms with van der Waals surface area (Å²) in [5, 5.41) is 2.22. The second-order valence-electron chi connectivity index (χ2n) is 4.58. The predicted molar refractivity (Wildman–Crippen MR) is 85.3 cm³/mol. The van der Waals surface area contributed by atoms with E-state index in [9.17, 15) is 0 Å². The normalized spacial score (nSPS) is 9.90. The monoisotopic (exact) mass is 252 g/mol. The highest BCUT2D eigenvalue weighted by Gasteiger charge is 2.05. The molecule has 0 amide bonds. The van der Waals surface area contributed by atoms with E-state index in [1.807, 2.05) is 36.4 Å². The van der Waals surface area contributed by atoms with Crippen LogP contribution >= 0.6 is 0 Å². The highest BCUT2D eigenvalue weighted by atomic mass is 14.1. The van der Waals surface area contributed by atoms with E-state index in [1.165, 1.54) is 0 Å². The van der Waals surface area contributed by atoms with E-state index in [2.05, 4.69) is 36.1 Å². The Morgan fingerprint density at radius 3 is 2.25 bits per heavy atom. The van der Waals surface area contributed by atoms with Gasteiger partial charge in [-0.05, 0) is 40.1 Å². The molecule has 0 heteroatoms. The first-order valence-electron chi connectivity index (χ1n) is 6.39. The smallest absolute Gasteiger partial charge is 0.0321 e. The molecule has 0 fully saturated rings. The lowest BCUT2D eigenvalue weighted by molar-refractivity contribution is 1.60. The highest BCUT2D eigenvalue weighted by Crippen LogP contribution is 2.28. The molecule has 0 aliphatic carbocycles. The summed E-state index contributed by atoms with van der Waals surface area (Å²) >= 11 is 0. The lowest BCUT2D eigenvalue weighted by Gasteiger charge is -2.08. The Kier molecular flexibility index (Phi) is 3.00. The van der Waals surface area contributed by atoms with Crippen LogP contribution in [0.2, 0.25) is 0 Å². The molecule has 3 aromatic carbocycles. The first-order valence-corrected chi connectivity index (χ1v) is 6.39. The summed E-state index contributed by atoms with van der Waals surface area (Å²) in [5.41, 5.74) is 3.95. The average Bonchev–Trinajstić information content (AvgIpc) is 2.53. The van der Waals surface area contributed by atoms with Gasteiger partial charge in [0.05, 0.1) is 0 Å². The third-order valence-electron chi connectivity index (χ3n) is 3.43. The van der Waals surface area contributed by atoms with Gasteiger partial charge in [-0.3, -0.25) is 0 Å². The Balaban J connectivity index is 2.29. The molecule has 92 valence electrons. The summed E-state index contributed by atoms with van der Waals surface area (Å²) in [6.07, 6.45) is 11.2. The van der Waals surface area contributed by atoms with Crippen LogP contribution in [-0.2, 0) is 0 Å². The van der Waals surface area contributed by atoms with Crippen LogP contribution in [0.1, 0.15) is 11.1 Å². The Morgan fingerprint density at radius 1 is 0.700 bits per heavy atom.